The fourth-order valence-electron chi connectivity index (χ4n) is 0.897. The van der Waals surface area contributed by atoms with E-state index >= 15 is 0 Å². The molecule has 64 valence electrons. The molecule has 0 spiro atoms. The Bertz CT molecular complexity index is 355. The summed E-state index contributed by atoms with van der Waals surface area (Å²) in [5, 5.41) is 8.26. The third kappa shape index (κ3) is 3.35. The molecule has 0 saturated heterocycles. The molecule has 0 amide bonds. The predicted molar refractivity (Wildman–Crippen MR) is 54.2 cm³/mol. The van der Waals surface area contributed by atoms with Crippen molar-refractivity contribution in [1.82, 2.24) is 0 Å². The molecule has 0 aliphatic carbocycles. The predicted octanol–water partition coefficient (Wildman–Crippen LogP) is 2.64. The summed E-state index contributed by atoms with van der Waals surface area (Å²) >= 11 is 0. The lowest BCUT2D eigenvalue weighted by Crippen LogP contribution is -1.81. The average Bonchev–Trinajstić information content (AvgIpc) is 2.17. The zero-order valence-corrected chi connectivity index (χ0v) is 7.44. The largest absolute Gasteiger partial charge is 0.205 e. The second-order valence-electron chi connectivity index (χ2n) is 2.60. The molecule has 1 aromatic rings. The van der Waals surface area contributed by atoms with E-state index in [9.17, 15) is 0 Å². The average molecular weight is 170 g/mol. The molecule has 0 aliphatic heterocycles. The minimum atomic E-state index is 0.714. The van der Waals surface area contributed by atoms with Crippen LogP contribution in [0.4, 0.5) is 0 Å². The van der Waals surface area contributed by atoms with Gasteiger partial charge in [-0.05, 0) is 18.6 Å². The zero-order chi connectivity index (χ0) is 9.52. The molecule has 2 nitrogen and oxygen atoms in total. The van der Waals surface area contributed by atoms with E-state index in [1.54, 1.807) is 13.1 Å². The highest BCUT2D eigenvalue weighted by molar-refractivity contribution is 5.96. The number of nitrogens with zero attached hydrogens (tertiary/aromatic N) is 2. The van der Waals surface area contributed by atoms with Crippen LogP contribution >= 0.6 is 0 Å². The number of nitriles is 1. The van der Waals surface area contributed by atoms with Crippen LogP contribution in [0.25, 0.3) is 6.08 Å². The molecule has 0 aromatic heterocycles. The molecule has 0 saturated carbocycles. The lowest BCUT2D eigenvalue weighted by molar-refractivity contribution is 1.43. The molecule has 0 fully saturated rings. The van der Waals surface area contributed by atoms with Crippen LogP contribution in [-0.4, -0.2) is 5.71 Å². The van der Waals surface area contributed by atoms with Crippen LogP contribution < -0.4 is 0 Å². The van der Waals surface area contributed by atoms with Crippen LogP contribution in [0.15, 0.2) is 41.4 Å². The molecule has 1 aromatic carbocycles. The highest BCUT2D eigenvalue weighted by Gasteiger charge is 1.84. The van der Waals surface area contributed by atoms with Gasteiger partial charge in [-0.3, -0.25) is 0 Å². The van der Waals surface area contributed by atoms with Gasteiger partial charge < -0.3 is 0 Å². The lowest BCUT2D eigenvalue weighted by atomic mass is 10.2. The van der Waals surface area contributed by atoms with E-state index in [2.05, 4.69) is 4.99 Å². The lowest BCUT2D eigenvalue weighted by Gasteiger charge is -1.90. The molecule has 0 unspecified atom stereocenters. The van der Waals surface area contributed by atoms with Gasteiger partial charge in [0.2, 0.25) is 6.19 Å². The third-order valence-corrected chi connectivity index (χ3v) is 1.54. The fraction of sp³-hybridized carbons (Fsp3) is 0.0909. The summed E-state index contributed by atoms with van der Waals surface area (Å²) in [5.74, 6) is 0. The quantitative estimate of drug-likeness (QED) is 0.496. The molecule has 0 heterocycles. The minimum absolute atomic E-state index is 0.714. The Morgan fingerprint density at radius 3 is 2.69 bits per heavy atom. The van der Waals surface area contributed by atoms with Crippen LogP contribution in [0.5, 0.6) is 0 Å². The van der Waals surface area contributed by atoms with Crippen molar-refractivity contribution in [2.24, 2.45) is 4.99 Å². The van der Waals surface area contributed by atoms with Gasteiger partial charge in [0.1, 0.15) is 0 Å². The summed E-state index contributed by atoms with van der Waals surface area (Å²) in [6.45, 7) is 1.79. The molecule has 0 aliphatic rings. The number of rotatable bonds is 2. The number of benzene rings is 1. The third-order valence-electron chi connectivity index (χ3n) is 1.54. The van der Waals surface area contributed by atoms with Gasteiger partial charge in [-0.1, -0.05) is 36.4 Å². The van der Waals surface area contributed by atoms with Crippen LogP contribution in [0, 0.1) is 11.5 Å². The van der Waals surface area contributed by atoms with E-state index in [0.717, 1.165) is 5.56 Å². The molecule has 13 heavy (non-hydrogen) atoms. The normalized spacial score (nSPS) is 11.5. The van der Waals surface area contributed by atoms with Gasteiger partial charge in [0.25, 0.3) is 0 Å². The molecule has 0 bridgehead atoms. The van der Waals surface area contributed by atoms with E-state index in [-0.39, 0.29) is 0 Å². The first-order valence-corrected chi connectivity index (χ1v) is 3.99. The summed E-state index contributed by atoms with van der Waals surface area (Å²) in [5.41, 5.74) is 1.82. The standard InChI is InChI=1S/C11H10N2/c1-10(13-9-12)7-8-11-5-3-2-4-6-11/h2-8H,1H3/b8-7+,13-10-. The van der Waals surface area contributed by atoms with E-state index in [1.165, 1.54) is 0 Å². The maximum atomic E-state index is 8.26. The van der Waals surface area contributed by atoms with Crippen molar-refractivity contribution in [3.63, 3.8) is 0 Å². The van der Waals surface area contributed by atoms with Crippen molar-refractivity contribution in [3.8, 4) is 6.19 Å². The Morgan fingerprint density at radius 2 is 2.08 bits per heavy atom. The van der Waals surface area contributed by atoms with E-state index < -0.39 is 0 Å². The first-order chi connectivity index (χ1) is 6.33. The van der Waals surface area contributed by atoms with Gasteiger partial charge in [-0.25, -0.2) is 0 Å². The van der Waals surface area contributed by atoms with Crippen molar-refractivity contribution in [2.75, 3.05) is 0 Å². The van der Waals surface area contributed by atoms with Crippen molar-refractivity contribution >= 4 is 11.8 Å². The zero-order valence-electron chi connectivity index (χ0n) is 7.44. The van der Waals surface area contributed by atoms with Crippen LogP contribution in [0.3, 0.4) is 0 Å². The second kappa shape index (κ2) is 4.89. The van der Waals surface area contributed by atoms with Gasteiger partial charge in [-0.15, -0.1) is 0 Å². The van der Waals surface area contributed by atoms with E-state index in [4.69, 9.17) is 5.26 Å². The summed E-state index contributed by atoms with van der Waals surface area (Å²) in [7, 11) is 0. The van der Waals surface area contributed by atoms with Gasteiger partial charge >= 0.3 is 0 Å². The van der Waals surface area contributed by atoms with Gasteiger partial charge in [0.15, 0.2) is 0 Å². The Labute approximate surface area is 77.9 Å². The smallest absolute Gasteiger partial charge is 0.179 e. The molecule has 0 N–H and O–H groups in total. The first-order valence-electron chi connectivity index (χ1n) is 3.99. The topological polar surface area (TPSA) is 36.1 Å². The van der Waals surface area contributed by atoms with E-state index in [0.29, 0.717) is 5.71 Å². The summed E-state index contributed by atoms with van der Waals surface area (Å²) < 4.78 is 0. The van der Waals surface area contributed by atoms with Gasteiger partial charge in [0.05, 0.1) is 5.71 Å². The number of hydrogen-bond acceptors (Lipinski definition) is 2. The molecule has 2 heteroatoms. The molecule has 1 rings (SSSR count). The van der Waals surface area contributed by atoms with Crippen molar-refractivity contribution in [2.45, 2.75) is 6.92 Å². The molecule has 0 radical (unpaired) electrons. The van der Waals surface area contributed by atoms with E-state index in [1.807, 2.05) is 42.5 Å². The molecular weight excluding hydrogens is 160 g/mol. The Morgan fingerprint density at radius 1 is 1.38 bits per heavy atom. The maximum Gasteiger partial charge on any atom is 0.205 e. The Hall–Kier alpha value is -1.88. The monoisotopic (exact) mass is 170 g/mol. The SMILES string of the molecule is CC(/C=C/c1ccccc1)=N/C#N. The first kappa shape index (κ1) is 9.21. The van der Waals surface area contributed by atoms with Crippen molar-refractivity contribution in [3.05, 3.63) is 42.0 Å². The van der Waals surface area contributed by atoms with Crippen LogP contribution in [-0.2, 0) is 0 Å². The van der Waals surface area contributed by atoms with Crippen LogP contribution in [0.1, 0.15) is 12.5 Å². The number of aliphatic imine (C=N–C) groups is 1. The number of hydrogen-bond donors (Lipinski definition) is 0. The second-order valence-corrected chi connectivity index (χ2v) is 2.60. The van der Waals surface area contributed by atoms with Crippen LogP contribution in [0.2, 0.25) is 0 Å². The summed E-state index contributed by atoms with van der Waals surface area (Å²) in [6.07, 6.45) is 5.49. The Kier molecular flexibility index (Phi) is 3.46. The van der Waals surface area contributed by atoms with Crippen molar-refractivity contribution < 1.29 is 0 Å². The fourth-order valence-corrected chi connectivity index (χ4v) is 0.897. The molecular formula is C11H10N2. The van der Waals surface area contributed by atoms with Gasteiger partial charge in [-0.2, -0.15) is 10.3 Å². The highest BCUT2D eigenvalue weighted by Crippen LogP contribution is 2.00. The van der Waals surface area contributed by atoms with Crippen molar-refractivity contribution in [1.29, 1.82) is 5.26 Å². The van der Waals surface area contributed by atoms with Gasteiger partial charge in [0, 0.05) is 0 Å². The summed E-state index contributed by atoms with van der Waals surface area (Å²) in [4.78, 5) is 3.58. The molecule has 0 atom stereocenters. The minimum Gasteiger partial charge on any atom is -0.179 e. The Balaban J connectivity index is 2.71. The number of allylic oxidation sites excluding steroid dienone is 1. The summed E-state index contributed by atoms with van der Waals surface area (Å²) in [6, 6.07) is 9.90. The highest BCUT2D eigenvalue weighted by atomic mass is 14.7. The maximum absolute atomic E-state index is 8.26.